The van der Waals surface area contributed by atoms with Crippen LogP contribution in [0.2, 0.25) is 5.02 Å². The van der Waals surface area contributed by atoms with Crippen molar-refractivity contribution >= 4 is 29.2 Å². The van der Waals surface area contributed by atoms with Crippen molar-refractivity contribution in [3.8, 4) is 6.01 Å². The molecule has 6 nitrogen and oxygen atoms in total. The van der Waals surface area contributed by atoms with E-state index in [-0.39, 0.29) is 29.2 Å². The molecule has 0 saturated carbocycles. The molecule has 2 aromatic carbocycles. The molecule has 1 aromatic heterocycles. The van der Waals surface area contributed by atoms with E-state index in [1.165, 1.54) is 18.2 Å². The van der Waals surface area contributed by atoms with Crippen molar-refractivity contribution in [1.82, 2.24) is 15.0 Å². The summed E-state index contributed by atoms with van der Waals surface area (Å²) in [6.07, 6.45) is -9.29. The summed E-state index contributed by atoms with van der Waals surface area (Å²) in [4.78, 5) is 11.3. The van der Waals surface area contributed by atoms with E-state index in [4.69, 9.17) is 11.6 Å². The predicted octanol–water partition coefficient (Wildman–Crippen LogP) is 5.98. The van der Waals surface area contributed by atoms with Crippen LogP contribution in [-0.2, 0) is 12.7 Å². The average molecular weight is 496 g/mol. The van der Waals surface area contributed by atoms with Gasteiger partial charge in [-0.05, 0) is 35.9 Å². The van der Waals surface area contributed by atoms with Crippen LogP contribution in [0.3, 0.4) is 0 Å². The van der Waals surface area contributed by atoms with Gasteiger partial charge in [0.1, 0.15) is 5.82 Å². The van der Waals surface area contributed by atoms with Crippen LogP contribution in [0.25, 0.3) is 0 Å². The molecule has 0 atom stereocenters. The summed E-state index contributed by atoms with van der Waals surface area (Å²) >= 11 is 5.70. The lowest BCUT2D eigenvalue weighted by atomic mass is 10.2. The molecular weight excluding hydrogens is 483 g/mol. The molecule has 2 N–H and O–H groups in total. The van der Waals surface area contributed by atoms with Crippen molar-refractivity contribution in [3.05, 3.63) is 64.4 Å². The number of nitrogens with zero attached hydrogens (tertiary/aromatic N) is 3. The van der Waals surface area contributed by atoms with E-state index < -0.39 is 36.4 Å². The summed E-state index contributed by atoms with van der Waals surface area (Å²) in [6.45, 7) is -1.71. The first kappa shape index (κ1) is 24.3. The lowest BCUT2D eigenvalue weighted by Crippen LogP contribution is -2.21. The zero-order valence-electron chi connectivity index (χ0n) is 16.2. The summed E-state index contributed by atoms with van der Waals surface area (Å²) in [5, 5.41) is 5.01. The highest BCUT2D eigenvalue weighted by Crippen LogP contribution is 2.31. The second kappa shape index (κ2) is 9.65. The quantitative estimate of drug-likeness (QED) is 0.393. The van der Waals surface area contributed by atoms with Crippen molar-refractivity contribution in [3.63, 3.8) is 0 Å². The van der Waals surface area contributed by atoms with E-state index in [9.17, 15) is 30.7 Å². The molecule has 0 amide bonds. The SMILES string of the molecule is Fc1ccc(CNc2nc(Nc3cccc(C(F)(F)F)c3)nc(OCC(F)(F)F)n2)cc1Cl. The first-order valence-electron chi connectivity index (χ1n) is 8.97. The molecule has 14 heteroatoms. The maximum atomic E-state index is 13.3. The normalized spacial score (nSPS) is 11.9. The first-order chi connectivity index (χ1) is 15.4. The molecule has 3 rings (SSSR count). The number of rotatable bonds is 7. The Morgan fingerprint density at radius 2 is 1.64 bits per heavy atom. The Bertz CT molecular complexity index is 1120. The summed E-state index contributed by atoms with van der Waals surface area (Å²) in [5.41, 5.74) is -0.539. The number of hydrogen-bond donors (Lipinski definition) is 2. The Balaban J connectivity index is 1.84. The van der Waals surface area contributed by atoms with Gasteiger partial charge in [0, 0.05) is 12.2 Å². The molecule has 0 spiro atoms. The lowest BCUT2D eigenvalue weighted by Gasteiger charge is -2.13. The molecule has 33 heavy (non-hydrogen) atoms. The molecule has 0 radical (unpaired) electrons. The summed E-state index contributed by atoms with van der Waals surface area (Å²) in [6, 6.07) is 7.13. The number of hydrogen-bond acceptors (Lipinski definition) is 6. The highest BCUT2D eigenvalue weighted by atomic mass is 35.5. The molecule has 0 aliphatic rings. The third-order valence-corrected chi connectivity index (χ3v) is 4.15. The molecular formula is C19H13ClF7N5O. The number of halogens is 8. The third kappa shape index (κ3) is 7.34. The summed E-state index contributed by atoms with van der Waals surface area (Å²) in [5.74, 6) is -1.27. The van der Waals surface area contributed by atoms with Crippen molar-refractivity contribution in [2.45, 2.75) is 18.9 Å². The second-order valence-corrected chi connectivity index (χ2v) is 6.88. The second-order valence-electron chi connectivity index (χ2n) is 6.47. The first-order valence-corrected chi connectivity index (χ1v) is 9.34. The number of alkyl halides is 6. The Kier molecular flexibility index (Phi) is 7.10. The number of ether oxygens (including phenoxy) is 1. The van der Waals surface area contributed by atoms with Gasteiger partial charge in [-0.25, -0.2) is 4.39 Å². The fourth-order valence-corrected chi connectivity index (χ4v) is 2.64. The van der Waals surface area contributed by atoms with Crippen LogP contribution in [0.4, 0.5) is 48.3 Å². The maximum Gasteiger partial charge on any atom is 0.422 e. The van der Waals surface area contributed by atoms with Crippen molar-refractivity contribution in [2.24, 2.45) is 0 Å². The van der Waals surface area contributed by atoms with Crippen LogP contribution in [0, 0.1) is 5.82 Å². The van der Waals surface area contributed by atoms with Crippen molar-refractivity contribution in [2.75, 3.05) is 17.2 Å². The fraction of sp³-hybridized carbons (Fsp3) is 0.211. The monoisotopic (exact) mass is 495 g/mol. The highest BCUT2D eigenvalue weighted by Gasteiger charge is 2.31. The van der Waals surface area contributed by atoms with Gasteiger partial charge in [0.2, 0.25) is 11.9 Å². The van der Waals surface area contributed by atoms with Gasteiger partial charge in [-0.1, -0.05) is 23.7 Å². The van der Waals surface area contributed by atoms with Gasteiger partial charge in [-0.3, -0.25) is 0 Å². The summed E-state index contributed by atoms with van der Waals surface area (Å²) < 4.78 is 94.1. The standard InChI is InChI=1S/C19H13ClF7N5O/c20-13-6-10(4-5-14(13)21)8-28-15-30-16(32-17(31-15)33-9-18(22,23)24)29-12-3-1-2-11(7-12)19(25,26)27/h1-7H,8-9H2,(H2,28,29,30,31,32). The third-order valence-electron chi connectivity index (χ3n) is 3.86. The van der Waals surface area contributed by atoms with Crippen LogP contribution in [-0.4, -0.2) is 27.7 Å². The smallest absolute Gasteiger partial charge is 0.422 e. The number of anilines is 3. The van der Waals surface area contributed by atoms with Crippen molar-refractivity contribution < 1.29 is 35.5 Å². The molecule has 0 aliphatic carbocycles. The molecule has 0 saturated heterocycles. The average Bonchev–Trinajstić information content (AvgIpc) is 2.72. The summed E-state index contributed by atoms with van der Waals surface area (Å²) in [7, 11) is 0. The van der Waals surface area contributed by atoms with E-state index in [2.05, 4.69) is 30.3 Å². The van der Waals surface area contributed by atoms with E-state index in [0.29, 0.717) is 5.56 Å². The minimum atomic E-state index is -4.68. The maximum absolute atomic E-state index is 13.3. The van der Waals surface area contributed by atoms with Gasteiger partial charge in [0.15, 0.2) is 6.61 Å². The Labute approximate surface area is 186 Å². The van der Waals surface area contributed by atoms with E-state index in [1.54, 1.807) is 0 Å². The largest absolute Gasteiger partial charge is 0.454 e. The predicted molar refractivity (Wildman–Crippen MR) is 105 cm³/mol. The number of benzene rings is 2. The van der Waals surface area contributed by atoms with Gasteiger partial charge >= 0.3 is 18.4 Å². The molecule has 0 unspecified atom stereocenters. The van der Waals surface area contributed by atoms with Gasteiger partial charge < -0.3 is 15.4 Å². The zero-order valence-corrected chi connectivity index (χ0v) is 17.0. The van der Waals surface area contributed by atoms with Crippen LogP contribution < -0.4 is 15.4 Å². The van der Waals surface area contributed by atoms with Crippen LogP contribution in [0.1, 0.15) is 11.1 Å². The van der Waals surface area contributed by atoms with Gasteiger partial charge in [-0.15, -0.1) is 0 Å². The van der Waals surface area contributed by atoms with Gasteiger partial charge in [0.05, 0.1) is 10.6 Å². The minimum absolute atomic E-state index is 0.00821. The van der Waals surface area contributed by atoms with Crippen LogP contribution >= 0.6 is 11.6 Å². The molecule has 176 valence electrons. The topological polar surface area (TPSA) is 72.0 Å². The van der Waals surface area contributed by atoms with E-state index in [0.717, 1.165) is 24.3 Å². The Morgan fingerprint density at radius 3 is 2.30 bits per heavy atom. The van der Waals surface area contributed by atoms with Crippen LogP contribution in [0.15, 0.2) is 42.5 Å². The fourth-order valence-electron chi connectivity index (χ4n) is 2.44. The molecule has 0 aliphatic heterocycles. The zero-order chi connectivity index (χ0) is 24.2. The van der Waals surface area contributed by atoms with E-state index >= 15 is 0 Å². The van der Waals surface area contributed by atoms with E-state index in [1.807, 2.05) is 0 Å². The van der Waals surface area contributed by atoms with Gasteiger partial charge in [-0.2, -0.15) is 41.3 Å². The molecule has 0 bridgehead atoms. The molecule has 3 aromatic rings. The van der Waals surface area contributed by atoms with Gasteiger partial charge in [0.25, 0.3) is 0 Å². The number of aromatic nitrogens is 3. The van der Waals surface area contributed by atoms with Crippen LogP contribution in [0.5, 0.6) is 6.01 Å². The van der Waals surface area contributed by atoms with Crippen molar-refractivity contribution in [1.29, 1.82) is 0 Å². The Hall–Kier alpha value is -3.35. The number of nitrogens with one attached hydrogen (secondary N) is 2. The lowest BCUT2D eigenvalue weighted by molar-refractivity contribution is -0.154. The molecule has 0 fully saturated rings. The Morgan fingerprint density at radius 1 is 0.909 bits per heavy atom. The molecule has 1 heterocycles. The highest BCUT2D eigenvalue weighted by molar-refractivity contribution is 6.30. The minimum Gasteiger partial charge on any atom is -0.454 e.